The van der Waals surface area contributed by atoms with Crippen molar-refractivity contribution in [3.63, 3.8) is 0 Å². The fraction of sp³-hybridized carbons (Fsp3) is 0.167. The molecule has 0 spiro atoms. The maximum absolute atomic E-state index is 12.3. The summed E-state index contributed by atoms with van der Waals surface area (Å²) in [4.78, 5) is 7.79. The van der Waals surface area contributed by atoms with Crippen molar-refractivity contribution in [2.24, 2.45) is 0 Å². The molecule has 0 amide bonds. The second-order valence-electron chi connectivity index (χ2n) is 3.58. The number of para-hydroxylation sites is 2. The first-order valence-electron chi connectivity index (χ1n) is 5.37. The SMILES string of the molecule is FC(F)(F)Oc1ccccc1Oc1cncc(CCl)n1. The fourth-order valence-corrected chi connectivity index (χ4v) is 1.48. The van der Waals surface area contributed by atoms with Crippen LogP contribution in [0.15, 0.2) is 36.7 Å². The molecule has 0 atom stereocenters. The van der Waals surface area contributed by atoms with Gasteiger partial charge in [0.15, 0.2) is 11.5 Å². The molecule has 2 rings (SSSR count). The predicted molar refractivity (Wildman–Crippen MR) is 64.8 cm³/mol. The van der Waals surface area contributed by atoms with E-state index in [-0.39, 0.29) is 17.5 Å². The lowest BCUT2D eigenvalue weighted by atomic mass is 10.3. The van der Waals surface area contributed by atoms with Gasteiger partial charge in [0.1, 0.15) is 0 Å². The third-order valence-corrected chi connectivity index (χ3v) is 2.36. The number of hydrogen-bond acceptors (Lipinski definition) is 4. The minimum atomic E-state index is -4.80. The molecule has 20 heavy (non-hydrogen) atoms. The Morgan fingerprint density at radius 1 is 1.10 bits per heavy atom. The maximum Gasteiger partial charge on any atom is 0.573 e. The molecule has 0 saturated carbocycles. The number of ether oxygens (including phenoxy) is 2. The predicted octanol–water partition coefficient (Wildman–Crippen LogP) is 3.91. The van der Waals surface area contributed by atoms with Crippen LogP contribution in [0.4, 0.5) is 13.2 Å². The zero-order valence-corrected chi connectivity index (χ0v) is 10.6. The maximum atomic E-state index is 12.3. The van der Waals surface area contributed by atoms with E-state index in [1.165, 1.54) is 30.6 Å². The monoisotopic (exact) mass is 304 g/mol. The molecule has 0 N–H and O–H groups in total. The van der Waals surface area contributed by atoms with Gasteiger partial charge >= 0.3 is 6.36 Å². The molecule has 0 unspecified atom stereocenters. The first-order chi connectivity index (χ1) is 9.48. The smallest absolute Gasteiger partial charge is 0.434 e. The molecule has 0 aliphatic rings. The molecule has 1 aromatic carbocycles. The lowest BCUT2D eigenvalue weighted by Gasteiger charge is -2.13. The normalized spacial score (nSPS) is 11.2. The first-order valence-corrected chi connectivity index (χ1v) is 5.91. The number of rotatable bonds is 4. The Hall–Kier alpha value is -2.02. The minimum absolute atomic E-state index is 0.0291. The second-order valence-corrected chi connectivity index (χ2v) is 3.85. The van der Waals surface area contributed by atoms with E-state index in [2.05, 4.69) is 14.7 Å². The topological polar surface area (TPSA) is 44.2 Å². The van der Waals surface area contributed by atoms with Crippen molar-refractivity contribution >= 4 is 11.6 Å². The van der Waals surface area contributed by atoms with E-state index in [1.54, 1.807) is 0 Å². The van der Waals surface area contributed by atoms with Crippen molar-refractivity contribution in [2.75, 3.05) is 0 Å². The average Bonchev–Trinajstić information content (AvgIpc) is 2.40. The van der Waals surface area contributed by atoms with Crippen molar-refractivity contribution < 1.29 is 22.6 Å². The van der Waals surface area contributed by atoms with Crippen molar-refractivity contribution in [2.45, 2.75) is 12.2 Å². The van der Waals surface area contributed by atoms with E-state index >= 15 is 0 Å². The van der Waals surface area contributed by atoms with Crippen LogP contribution < -0.4 is 9.47 Å². The van der Waals surface area contributed by atoms with Crippen LogP contribution in [0.1, 0.15) is 5.69 Å². The first kappa shape index (κ1) is 14.4. The van der Waals surface area contributed by atoms with Gasteiger partial charge in [-0.2, -0.15) is 0 Å². The zero-order valence-electron chi connectivity index (χ0n) is 9.89. The summed E-state index contributed by atoms with van der Waals surface area (Å²) in [5, 5.41) is 0. The number of nitrogens with zero attached hydrogens (tertiary/aromatic N) is 2. The van der Waals surface area contributed by atoms with E-state index < -0.39 is 12.1 Å². The van der Waals surface area contributed by atoms with Crippen molar-refractivity contribution in [1.82, 2.24) is 9.97 Å². The summed E-state index contributed by atoms with van der Waals surface area (Å²) in [6.07, 6.45) is -2.11. The number of benzene rings is 1. The van der Waals surface area contributed by atoms with Crippen LogP contribution in [0.5, 0.6) is 17.4 Å². The summed E-state index contributed by atoms with van der Waals surface area (Å²) in [7, 11) is 0. The molecule has 0 saturated heterocycles. The molecule has 0 fully saturated rings. The molecule has 0 bridgehead atoms. The van der Waals surface area contributed by atoms with Gasteiger partial charge in [-0.05, 0) is 12.1 Å². The van der Waals surface area contributed by atoms with Gasteiger partial charge in [-0.3, -0.25) is 4.98 Å². The van der Waals surface area contributed by atoms with Crippen LogP contribution in [-0.2, 0) is 5.88 Å². The van der Waals surface area contributed by atoms with E-state index in [4.69, 9.17) is 16.3 Å². The van der Waals surface area contributed by atoms with E-state index in [0.717, 1.165) is 6.07 Å². The molecule has 2 aromatic rings. The molecular formula is C12H8ClF3N2O2. The minimum Gasteiger partial charge on any atom is -0.434 e. The Kier molecular flexibility index (Phi) is 4.29. The summed E-state index contributed by atoms with van der Waals surface area (Å²) in [6, 6.07) is 5.38. The highest BCUT2D eigenvalue weighted by Gasteiger charge is 2.32. The molecule has 0 aliphatic carbocycles. The lowest BCUT2D eigenvalue weighted by molar-refractivity contribution is -0.275. The van der Waals surface area contributed by atoms with Gasteiger partial charge in [-0.15, -0.1) is 24.8 Å². The van der Waals surface area contributed by atoms with Crippen molar-refractivity contribution in [3.05, 3.63) is 42.4 Å². The van der Waals surface area contributed by atoms with Crippen LogP contribution in [0.25, 0.3) is 0 Å². The van der Waals surface area contributed by atoms with Crippen molar-refractivity contribution in [1.29, 1.82) is 0 Å². The summed E-state index contributed by atoms with van der Waals surface area (Å²) < 4.78 is 45.9. The van der Waals surface area contributed by atoms with Crippen molar-refractivity contribution in [3.8, 4) is 17.4 Å². The molecule has 106 valence electrons. The summed E-state index contributed by atoms with van der Waals surface area (Å²) in [5.74, 6) is -0.435. The quantitative estimate of drug-likeness (QED) is 0.803. The Balaban J connectivity index is 2.24. The second kappa shape index (κ2) is 5.96. The summed E-state index contributed by atoms with van der Waals surface area (Å²) in [5.41, 5.74) is 0.443. The number of hydrogen-bond donors (Lipinski definition) is 0. The highest BCUT2D eigenvalue weighted by atomic mass is 35.5. The van der Waals surface area contributed by atoms with Gasteiger partial charge in [0.25, 0.3) is 0 Å². The Morgan fingerprint density at radius 3 is 2.45 bits per heavy atom. The molecule has 1 heterocycles. The fourth-order valence-electron chi connectivity index (χ4n) is 1.36. The molecule has 1 aromatic heterocycles. The molecule has 0 aliphatic heterocycles. The van der Waals surface area contributed by atoms with Gasteiger partial charge in [0.05, 0.1) is 17.8 Å². The van der Waals surface area contributed by atoms with Gasteiger partial charge in [-0.1, -0.05) is 12.1 Å². The summed E-state index contributed by atoms with van der Waals surface area (Å²) >= 11 is 5.59. The lowest BCUT2D eigenvalue weighted by Crippen LogP contribution is -2.17. The number of aromatic nitrogens is 2. The standard InChI is InChI=1S/C12H8ClF3N2O2/c13-5-8-6-17-7-11(18-8)19-9-3-1-2-4-10(9)20-12(14,15)16/h1-4,6-7H,5H2. The van der Waals surface area contributed by atoms with Crippen LogP contribution in [0.3, 0.4) is 0 Å². The Bertz CT molecular complexity index is 593. The van der Waals surface area contributed by atoms with Gasteiger partial charge in [0.2, 0.25) is 5.88 Å². The average molecular weight is 305 g/mol. The molecular weight excluding hydrogens is 297 g/mol. The van der Waals surface area contributed by atoms with Gasteiger partial charge in [-0.25, -0.2) is 4.98 Å². The van der Waals surface area contributed by atoms with Crippen LogP contribution in [0, 0.1) is 0 Å². The van der Waals surface area contributed by atoms with Crippen LogP contribution >= 0.6 is 11.6 Å². The van der Waals surface area contributed by atoms with Crippen LogP contribution in [-0.4, -0.2) is 16.3 Å². The number of halogens is 4. The largest absolute Gasteiger partial charge is 0.573 e. The molecule has 8 heteroatoms. The van der Waals surface area contributed by atoms with Gasteiger partial charge in [0, 0.05) is 6.20 Å². The van der Waals surface area contributed by atoms with E-state index in [9.17, 15) is 13.2 Å². The molecule has 4 nitrogen and oxygen atoms in total. The van der Waals surface area contributed by atoms with Crippen LogP contribution in [0.2, 0.25) is 0 Å². The zero-order chi connectivity index (χ0) is 14.6. The number of alkyl halides is 4. The van der Waals surface area contributed by atoms with E-state index in [0.29, 0.717) is 5.69 Å². The molecule has 0 radical (unpaired) electrons. The highest BCUT2D eigenvalue weighted by Crippen LogP contribution is 2.34. The third kappa shape index (κ3) is 3.99. The Labute approximate surface area is 117 Å². The highest BCUT2D eigenvalue weighted by molar-refractivity contribution is 6.16. The Morgan fingerprint density at radius 2 is 1.80 bits per heavy atom. The third-order valence-electron chi connectivity index (χ3n) is 2.09. The van der Waals surface area contributed by atoms with Gasteiger partial charge < -0.3 is 9.47 Å². The van der Waals surface area contributed by atoms with E-state index in [1.807, 2.05) is 0 Å². The summed E-state index contributed by atoms with van der Waals surface area (Å²) in [6.45, 7) is 0.